The van der Waals surface area contributed by atoms with Gasteiger partial charge in [-0.2, -0.15) is 0 Å². The van der Waals surface area contributed by atoms with Crippen molar-refractivity contribution in [2.45, 2.75) is 0 Å². The molecule has 2 aromatic carbocycles. The van der Waals surface area contributed by atoms with Crippen LogP contribution in [0.4, 0.5) is 10.8 Å². The first kappa shape index (κ1) is 10.6. The largest absolute Gasteiger partial charge is 0.332 e. The summed E-state index contributed by atoms with van der Waals surface area (Å²) in [6.07, 6.45) is 0. The van der Waals surface area contributed by atoms with Crippen LogP contribution in [0, 0.1) is 0 Å². The minimum absolute atomic E-state index is 0.717. The van der Waals surface area contributed by atoms with Gasteiger partial charge in [0.15, 0.2) is 5.13 Å². The van der Waals surface area contributed by atoms with Crippen molar-refractivity contribution in [2.75, 3.05) is 5.32 Å². The van der Waals surface area contributed by atoms with Crippen LogP contribution in [0.5, 0.6) is 0 Å². The molecule has 0 aliphatic heterocycles. The number of thiazole rings is 1. The Morgan fingerprint density at radius 3 is 2.71 bits per heavy atom. The van der Waals surface area contributed by atoms with Crippen LogP contribution in [0.25, 0.3) is 10.2 Å². The first-order valence-corrected chi connectivity index (χ1v) is 6.39. The summed E-state index contributed by atoms with van der Waals surface area (Å²) in [4.78, 5) is 4.49. The highest BCUT2D eigenvalue weighted by atomic mass is 35.5. The average Bonchev–Trinajstić information content (AvgIpc) is 2.71. The second kappa shape index (κ2) is 4.35. The number of nitrogens with one attached hydrogen (secondary N) is 1. The molecule has 0 saturated carbocycles. The molecular weight excluding hydrogens is 252 g/mol. The van der Waals surface area contributed by atoms with Gasteiger partial charge in [0.05, 0.1) is 10.2 Å². The van der Waals surface area contributed by atoms with Gasteiger partial charge in [-0.1, -0.05) is 41.1 Å². The Kier molecular flexibility index (Phi) is 2.71. The number of benzene rings is 2. The minimum Gasteiger partial charge on any atom is -0.332 e. The fourth-order valence-corrected chi connectivity index (χ4v) is 2.63. The zero-order valence-electron chi connectivity index (χ0n) is 8.85. The fraction of sp³-hybridized carbons (Fsp3) is 0. The summed E-state index contributed by atoms with van der Waals surface area (Å²) in [5.41, 5.74) is 1.97. The maximum absolute atomic E-state index is 5.93. The molecule has 0 atom stereocenters. The Labute approximate surface area is 108 Å². The number of hydrogen-bond acceptors (Lipinski definition) is 3. The van der Waals surface area contributed by atoms with Crippen molar-refractivity contribution in [3.05, 3.63) is 53.6 Å². The van der Waals surface area contributed by atoms with Gasteiger partial charge in [-0.05, 0) is 30.3 Å². The lowest BCUT2D eigenvalue weighted by molar-refractivity contribution is 1.44. The van der Waals surface area contributed by atoms with E-state index in [-0.39, 0.29) is 0 Å². The first-order chi connectivity index (χ1) is 8.31. The molecule has 17 heavy (non-hydrogen) atoms. The zero-order valence-corrected chi connectivity index (χ0v) is 10.4. The molecule has 3 aromatic rings. The third-order valence-corrected chi connectivity index (χ3v) is 3.56. The molecule has 0 saturated heterocycles. The molecule has 84 valence electrons. The van der Waals surface area contributed by atoms with Crippen LogP contribution in [-0.4, -0.2) is 4.98 Å². The molecule has 0 unspecified atom stereocenters. The highest BCUT2D eigenvalue weighted by Crippen LogP contribution is 2.29. The predicted octanol–water partition coefficient (Wildman–Crippen LogP) is 4.69. The topological polar surface area (TPSA) is 24.9 Å². The van der Waals surface area contributed by atoms with Crippen molar-refractivity contribution in [1.29, 1.82) is 0 Å². The summed E-state index contributed by atoms with van der Waals surface area (Å²) < 4.78 is 1.13. The number of rotatable bonds is 2. The van der Waals surface area contributed by atoms with E-state index in [4.69, 9.17) is 11.6 Å². The summed E-state index contributed by atoms with van der Waals surface area (Å²) in [5.74, 6) is 0. The minimum atomic E-state index is 0.717. The molecule has 0 radical (unpaired) electrons. The van der Waals surface area contributed by atoms with Crippen LogP contribution in [0.15, 0.2) is 48.5 Å². The van der Waals surface area contributed by atoms with Gasteiger partial charge in [-0.15, -0.1) is 0 Å². The van der Waals surface area contributed by atoms with Gasteiger partial charge < -0.3 is 5.32 Å². The molecular formula is C13H9ClN2S. The molecule has 0 aliphatic carbocycles. The monoisotopic (exact) mass is 260 g/mol. The Balaban J connectivity index is 1.96. The van der Waals surface area contributed by atoms with Gasteiger partial charge >= 0.3 is 0 Å². The number of hydrogen-bond donors (Lipinski definition) is 1. The van der Waals surface area contributed by atoms with E-state index in [2.05, 4.69) is 10.3 Å². The number of fused-ring (bicyclic) bond motifs is 1. The van der Waals surface area contributed by atoms with Crippen molar-refractivity contribution in [2.24, 2.45) is 0 Å². The maximum Gasteiger partial charge on any atom is 0.188 e. The zero-order chi connectivity index (χ0) is 11.7. The van der Waals surface area contributed by atoms with Crippen LogP contribution >= 0.6 is 22.9 Å². The number of halogens is 1. The van der Waals surface area contributed by atoms with E-state index >= 15 is 0 Å². The van der Waals surface area contributed by atoms with Crippen LogP contribution in [0.2, 0.25) is 5.02 Å². The van der Waals surface area contributed by atoms with Gasteiger partial charge in [0.2, 0.25) is 0 Å². The second-order valence-electron chi connectivity index (χ2n) is 3.62. The van der Waals surface area contributed by atoms with Crippen LogP contribution in [0.1, 0.15) is 0 Å². The van der Waals surface area contributed by atoms with Gasteiger partial charge in [0.1, 0.15) is 0 Å². The number of aromatic nitrogens is 1. The third kappa shape index (κ3) is 2.25. The van der Waals surface area contributed by atoms with Crippen molar-refractivity contribution in [1.82, 2.24) is 4.98 Å². The lowest BCUT2D eigenvalue weighted by Gasteiger charge is -1.99. The molecule has 1 aromatic heterocycles. The molecule has 3 rings (SSSR count). The molecule has 1 N–H and O–H groups in total. The van der Waals surface area contributed by atoms with Crippen molar-refractivity contribution in [3.8, 4) is 0 Å². The number of anilines is 2. The fourth-order valence-electron chi connectivity index (χ4n) is 1.60. The molecule has 2 nitrogen and oxygen atoms in total. The molecule has 0 amide bonds. The van der Waals surface area contributed by atoms with E-state index in [9.17, 15) is 0 Å². The van der Waals surface area contributed by atoms with E-state index < -0.39 is 0 Å². The second-order valence-corrected chi connectivity index (χ2v) is 5.09. The Morgan fingerprint density at radius 1 is 1.06 bits per heavy atom. The van der Waals surface area contributed by atoms with Crippen molar-refractivity contribution < 1.29 is 0 Å². The molecule has 4 heteroatoms. The highest BCUT2D eigenvalue weighted by molar-refractivity contribution is 7.22. The Hall–Kier alpha value is -1.58. The van der Waals surface area contributed by atoms with Crippen LogP contribution in [-0.2, 0) is 0 Å². The first-order valence-electron chi connectivity index (χ1n) is 5.19. The Bertz CT molecular complexity index is 649. The number of para-hydroxylation sites is 1. The summed E-state index contributed by atoms with van der Waals surface area (Å²) in [6.45, 7) is 0. The quantitative estimate of drug-likeness (QED) is 0.723. The van der Waals surface area contributed by atoms with Crippen molar-refractivity contribution in [3.63, 3.8) is 0 Å². The maximum atomic E-state index is 5.93. The van der Waals surface area contributed by atoms with E-state index in [0.717, 1.165) is 21.0 Å². The molecule has 0 spiro atoms. The summed E-state index contributed by atoms with van der Waals surface area (Å²) in [5, 5.41) is 4.88. The van der Waals surface area contributed by atoms with Gasteiger partial charge in [-0.25, -0.2) is 4.98 Å². The van der Waals surface area contributed by atoms with E-state index in [0.29, 0.717) is 5.02 Å². The Morgan fingerprint density at radius 2 is 1.88 bits per heavy atom. The lowest BCUT2D eigenvalue weighted by atomic mass is 10.3. The van der Waals surface area contributed by atoms with Crippen LogP contribution < -0.4 is 5.32 Å². The normalized spacial score (nSPS) is 10.6. The van der Waals surface area contributed by atoms with Crippen molar-refractivity contribution >= 4 is 44.0 Å². The molecule has 0 bridgehead atoms. The van der Waals surface area contributed by atoms with E-state index in [1.165, 1.54) is 0 Å². The van der Waals surface area contributed by atoms with Gasteiger partial charge in [-0.3, -0.25) is 0 Å². The average molecular weight is 261 g/mol. The third-order valence-electron chi connectivity index (χ3n) is 2.37. The summed E-state index contributed by atoms with van der Waals surface area (Å²) in [7, 11) is 0. The standard InChI is InChI=1S/C13H9ClN2S/c14-9-6-7-12-11(8-9)16-13(17-12)15-10-4-2-1-3-5-10/h1-8H,(H,15,16). The summed E-state index contributed by atoms with van der Waals surface area (Å²) >= 11 is 7.55. The number of nitrogens with zero attached hydrogens (tertiary/aromatic N) is 1. The van der Waals surface area contributed by atoms with Crippen LogP contribution in [0.3, 0.4) is 0 Å². The predicted molar refractivity (Wildman–Crippen MR) is 74.4 cm³/mol. The van der Waals surface area contributed by atoms with E-state index in [1.54, 1.807) is 11.3 Å². The van der Waals surface area contributed by atoms with Gasteiger partial charge in [0.25, 0.3) is 0 Å². The molecule has 0 aliphatic rings. The molecule has 0 fully saturated rings. The highest BCUT2D eigenvalue weighted by Gasteiger charge is 2.04. The SMILES string of the molecule is Clc1ccc2sc(Nc3ccccc3)nc2c1. The van der Waals surface area contributed by atoms with E-state index in [1.807, 2.05) is 48.5 Å². The lowest BCUT2D eigenvalue weighted by Crippen LogP contribution is -1.87. The smallest absolute Gasteiger partial charge is 0.188 e. The molecule has 1 heterocycles. The van der Waals surface area contributed by atoms with Gasteiger partial charge in [0, 0.05) is 10.7 Å². The summed E-state index contributed by atoms with van der Waals surface area (Å²) in [6, 6.07) is 15.8.